The summed E-state index contributed by atoms with van der Waals surface area (Å²) < 4.78 is 14.8. The fourth-order valence-corrected chi connectivity index (χ4v) is 5.77. The molecular formula is C25H21ClFN3O2S. The predicted molar refractivity (Wildman–Crippen MR) is 131 cm³/mol. The number of aromatic amines is 1. The Morgan fingerprint density at radius 2 is 1.94 bits per heavy atom. The Hall–Kier alpha value is -3.03. The highest BCUT2D eigenvalue weighted by Crippen LogP contribution is 2.39. The molecule has 33 heavy (non-hydrogen) atoms. The van der Waals surface area contributed by atoms with E-state index in [9.17, 15) is 14.0 Å². The van der Waals surface area contributed by atoms with Crippen LogP contribution in [0.25, 0.3) is 21.5 Å². The van der Waals surface area contributed by atoms with E-state index in [-0.39, 0.29) is 33.6 Å². The maximum absolute atomic E-state index is 14.3. The van der Waals surface area contributed by atoms with Crippen molar-refractivity contribution in [1.82, 2.24) is 9.97 Å². The Kier molecular flexibility index (Phi) is 6.00. The second-order valence-corrected chi connectivity index (χ2v) is 9.46. The van der Waals surface area contributed by atoms with Crippen molar-refractivity contribution in [3.63, 3.8) is 0 Å². The van der Waals surface area contributed by atoms with Crippen LogP contribution in [0, 0.1) is 5.82 Å². The number of nitrogens with zero attached hydrogens (tertiary/aromatic N) is 2. The van der Waals surface area contributed by atoms with Gasteiger partial charge in [0.2, 0.25) is 0 Å². The van der Waals surface area contributed by atoms with Crippen molar-refractivity contribution in [3.8, 4) is 11.3 Å². The SMILES string of the molecule is O=C(CCc1ccccc1)[C@H]1CCCN1c1nc2c(=O)[nH]c(-c3ccccc3F)c(Cl)c2s1. The van der Waals surface area contributed by atoms with E-state index in [2.05, 4.69) is 9.97 Å². The molecule has 0 radical (unpaired) electrons. The zero-order valence-electron chi connectivity index (χ0n) is 17.7. The summed E-state index contributed by atoms with van der Waals surface area (Å²) in [5.74, 6) is -0.301. The van der Waals surface area contributed by atoms with E-state index in [1.165, 1.54) is 17.4 Å². The number of aromatic nitrogens is 2. The molecule has 1 fully saturated rings. The summed E-state index contributed by atoms with van der Waals surface area (Å²) in [5.41, 5.74) is 1.38. The quantitative estimate of drug-likeness (QED) is 0.388. The number of fused-ring (bicyclic) bond motifs is 1. The first-order valence-electron chi connectivity index (χ1n) is 10.8. The molecule has 1 saturated heterocycles. The normalized spacial score (nSPS) is 15.9. The van der Waals surface area contributed by atoms with Crippen molar-refractivity contribution < 1.29 is 9.18 Å². The van der Waals surface area contributed by atoms with E-state index < -0.39 is 11.4 Å². The topological polar surface area (TPSA) is 66.1 Å². The van der Waals surface area contributed by atoms with Gasteiger partial charge in [-0.15, -0.1) is 0 Å². The number of hydrogen-bond acceptors (Lipinski definition) is 5. The number of halogens is 2. The molecule has 0 saturated carbocycles. The molecule has 0 amide bonds. The molecule has 0 spiro atoms. The summed E-state index contributed by atoms with van der Waals surface area (Å²) in [6.45, 7) is 0.692. The molecular weight excluding hydrogens is 461 g/mol. The summed E-state index contributed by atoms with van der Waals surface area (Å²) in [5, 5.41) is 0.850. The van der Waals surface area contributed by atoms with Gasteiger partial charge in [0.25, 0.3) is 5.56 Å². The molecule has 1 atom stereocenters. The number of benzene rings is 2. The molecule has 1 N–H and O–H groups in total. The fourth-order valence-electron chi connectivity index (χ4n) is 4.33. The number of nitrogens with one attached hydrogen (secondary N) is 1. The number of carbonyl (C=O) groups excluding carboxylic acids is 1. The smallest absolute Gasteiger partial charge is 0.275 e. The van der Waals surface area contributed by atoms with Crippen LogP contribution in [0.4, 0.5) is 9.52 Å². The highest BCUT2D eigenvalue weighted by Gasteiger charge is 2.33. The van der Waals surface area contributed by atoms with Gasteiger partial charge >= 0.3 is 0 Å². The van der Waals surface area contributed by atoms with Gasteiger partial charge < -0.3 is 9.88 Å². The van der Waals surface area contributed by atoms with Crippen LogP contribution in [-0.4, -0.2) is 28.3 Å². The zero-order chi connectivity index (χ0) is 22.9. The van der Waals surface area contributed by atoms with Gasteiger partial charge in [-0.3, -0.25) is 9.59 Å². The number of carbonyl (C=O) groups is 1. The number of rotatable bonds is 6. The molecule has 8 heteroatoms. The van der Waals surface area contributed by atoms with E-state index in [1.807, 2.05) is 35.2 Å². The molecule has 1 aliphatic heterocycles. The Labute approximate surface area is 198 Å². The van der Waals surface area contributed by atoms with Crippen LogP contribution in [0.15, 0.2) is 59.4 Å². The van der Waals surface area contributed by atoms with Gasteiger partial charge in [0, 0.05) is 18.5 Å². The number of thiazole rings is 1. The first kappa shape index (κ1) is 21.8. The van der Waals surface area contributed by atoms with Crippen LogP contribution in [-0.2, 0) is 11.2 Å². The van der Waals surface area contributed by atoms with Gasteiger partial charge in [-0.05, 0) is 37.0 Å². The van der Waals surface area contributed by atoms with Crippen molar-refractivity contribution in [2.24, 2.45) is 0 Å². The minimum Gasteiger partial charge on any atom is -0.338 e. The predicted octanol–water partition coefficient (Wildman–Crippen LogP) is 5.61. The van der Waals surface area contributed by atoms with Crippen molar-refractivity contribution in [2.75, 3.05) is 11.4 Å². The number of pyridine rings is 1. The highest BCUT2D eigenvalue weighted by molar-refractivity contribution is 7.22. The molecule has 5 nitrogen and oxygen atoms in total. The molecule has 0 bridgehead atoms. The third kappa shape index (κ3) is 4.18. The minimum atomic E-state index is -0.470. The Morgan fingerprint density at radius 3 is 2.73 bits per heavy atom. The molecule has 168 valence electrons. The summed E-state index contributed by atoms with van der Waals surface area (Å²) in [6.07, 6.45) is 2.78. The Balaban J connectivity index is 1.45. The Bertz CT molecular complexity index is 1390. The van der Waals surface area contributed by atoms with E-state index in [1.54, 1.807) is 18.2 Å². The van der Waals surface area contributed by atoms with Crippen molar-refractivity contribution in [3.05, 3.63) is 81.4 Å². The first-order valence-corrected chi connectivity index (χ1v) is 12.0. The molecule has 0 aliphatic carbocycles. The van der Waals surface area contributed by atoms with Crippen molar-refractivity contribution in [2.45, 2.75) is 31.7 Å². The number of hydrogen-bond donors (Lipinski definition) is 1. The largest absolute Gasteiger partial charge is 0.338 e. The van der Waals surface area contributed by atoms with Crippen LogP contribution in [0.3, 0.4) is 0 Å². The van der Waals surface area contributed by atoms with Gasteiger partial charge in [0.05, 0.1) is 21.5 Å². The average molecular weight is 482 g/mol. The van der Waals surface area contributed by atoms with E-state index in [0.717, 1.165) is 18.4 Å². The maximum atomic E-state index is 14.3. The van der Waals surface area contributed by atoms with Crippen LogP contribution in [0.5, 0.6) is 0 Å². The van der Waals surface area contributed by atoms with E-state index in [4.69, 9.17) is 11.6 Å². The maximum Gasteiger partial charge on any atom is 0.275 e. The number of ketones is 1. The minimum absolute atomic E-state index is 0.169. The highest BCUT2D eigenvalue weighted by atomic mass is 35.5. The molecule has 5 rings (SSSR count). The fraction of sp³-hybridized carbons (Fsp3) is 0.240. The lowest BCUT2D eigenvalue weighted by Gasteiger charge is -2.22. The summed E-state index contributed by atoms with van der Waals surface area (Å²) in [7, 11) is 0. The standard InChI is InChI=1S/C25H21ClFN3O2S/c26-20-21(16-9-4-5-10-17(16)27)28-24(32)22-23(20)33-25(29-22)30-14-6-11-18(30)19(31)13-12-15-7-2-1-3-8-15/h1-5,7-10,18H,6,11-14H2,(H,28,32)/t18-/m1/s1. The van der Waals surface area contributed by atoms with E-state index >= 15 is 0 Å². The second kappa shape index (κ2) is 9.08. The van der Waals surface area contributed by atoms with Crippen molar-refractivity contribution in [1.29, 1.82) is 0 Å². The van der Waals surface area contributed by atoms with E-state index in [0.29, 0.717) is 29.2 Å². The van der Waals surface area contributed by atoms with Gasteiger partial charge in [-0.25, -0.2) is 9.37 Å². The van der Waals surface area contributed by atoms with Gasteiger partial charge in [-0.2, -0.15) is 0 Å². The first-order chi connectivity index (χ1) is 16.0. The zero-order valence-corrected chi connectivity index (χ0v) is 19.3. The lowest BCUT2D eigenvalue weighted by Crippen LogP contribution is -2.36. The van der Waals surface area contributed by atoms with Gasteiger partial charge in [-0.1, -0.05) is 65.4 Å². The van der Waals surface area contributed by atoms with Gasteiger partial charge in [0.15, 0.2) is 16.4 Å². The number of H-pyrrole nitrogens is 1. The molecule has 2 aromatic carbocycles. The number of aryl methyl sites for hydroxylation is 1. The summed E-state index contributed by atoms with van der Waals surface area (Å²) >= 11 is 7.88. The van der Waals surface area contributed by atoms with Crippen LogP contribution in [0.2, 0.25) is 5.02 Å². The molecule has 4 aromatic rings. The van der Waals surface area contributed by atoms with Gasteiger partial charge in [0.1, 0.15) is 5.82 Å². The molecule has 1 aliphatic rings. The lowest BCUT2D eigenvalue weighted by molar-refractivity contribution is -0.120. The summed E-state index contributed by atoms with van der Waals surface area (Å²) in [4.78, 5) is 35.0. The third-order valence-corrected chi connectivity index (χ3v) is 7.60. The third-order valence-electron chi connectivity index (χ3n) is 6.00. The van der Waals surface area contributed by atoms with Crippen LogP contribution in [0.1, 0.15) is 24.8 Å². The van der Waals surface area contributed by atoms with Crippen LogP contribution < -0.4 is 10.5 Å². The molecule has 2 aromatic heterocycles. The van der Waals surface area contributed by atoms with Crippen molar-refractivity contribution >= 4 is 44.1 Å². The molecule has 0 unspecified atom stereocenters. The average Bonchev–Trinajstić information content (AvgIpc) is 3.49. The number of anilines is 1. The monoisotopic (exact) mass is 481 g/mol. The Morgan fingerprint density at radius 1 is 1.18 bits per heavy atom. The lowest BCUT2D eigenvalue weighted by atomic mass is 10.0. The summed E-state index contributed by atoms with van der Waals surface area (Å²) in [6, 6.07) is 15.8. The van der Waals surface area contributed by atoms with Crippen LogP contribution >= 0.6 is 22.9 Å². The number of Topliss-reactive ketones (excluding diaryl/α,β-unsaturated/α-hetero) is 1. The molecule has 3 heterocycles. The second-order valence-electron chi connectivity index (χ2n) is 8.10.